The zero-order valence-corrected chi connectivity index (χ0v) is 9.15. The van der Waals surface area contributed by atoms with Gasteiger partial charge in [-0.25, -0.2) is 0 Å². The smallest absolute Gasteiger partial charge is 0.207 e. The first-order valence-electron chi connectivity index (χ1n) is 5.55. The first-order chi connectivity index (χ1) is 7.92. The van der Waals surface area contributed by atoms with Crippen LogP contribution >= 0.6 is 0 Å². The lowest BCUT2D eigenvalue weighted by Crippen LogP contribution is -2.12. The van der Waals surface area contributed by atoms with E-state index in [1.54, 1.807) is 0 Å². The van der Waals surface area contributed by atoms with Gasteiger partial charge in [-0.2, -0.15) is 0 Å². The quantitative estimate of drug-likeness (QED) is 0.600. The summed E-state index contributed by atoms with van der Waals surface area (Å²) < 4.78 is 0. The van der Waals surface area contributed by atoms with Crippen LogP contribution in [0.25, 0.3) is 10.8 Å². The van der Waals surface area contributed by atoms with Crippen molar-refractivity contribution in [3.05, 3.63) is 48.0 Å². The molecule has 1 amide bonds. The largest absolute Gasteiger partial charge is 0.359 e. The third kappa shape index (κ3) is 2.40. The van der Waals surface area contributed by atoms with Gasteiger partial charge in [0, 0.05) is 6.54 Å². The molecule has 0 aliphatic heterocycles. The number of amides is 1. The lowest BCUT2D eigenvalue weighted by atomic mass is 10.0. The lowest BCUT2D eigenvalue weighted by molar-refractivity contribution is -0.109. The van der Waals surface area contributed by atoms with Gasteiger partial charge >= 0.3 is 0 Å². The van der Waals surface area contributed by atoms with E-state index in [1.807, 2.05) is 0 Å². The average molecular weight is 213 g/mol. The second-order valence-corrected chi connectivity index (χ2v) is 3.81. The van der Waals surface area contributed by atoms with Crippen LogP contribution in [0.4, 0.5) is 0 Å². The van der Waals surface area contributed by atoms with Gasteiger partial charge in [-0.3, -0.25) is 4.79 Å². The summed E-state index contributed by atoms with van der Waals surface area (Å²) in [7, 11) is 0. The number of hydrogen-bond donors (Lipinski definition) is 1. The highest BCUT2D eigenvalue weighted by atomic mass is 16.1. The molecule has 0 aromatic heterocycles. The third-order valence-electron chi connectivity index (χ3n) is 2.73. The minimum atomic E-state index is 0.743. The van der Waals surface area contributed by atoms with E-state index in [0.717, 1.165) is 25.8 Å². The van der Waals surface area contributed by atoms with E-state index in [2.05, 4.69) is 47.8 Å². The third-order valence-corrected chi connectivity index (χ3v) is 2.73. The molecule has 0 unspecified atom stereocenters. The van der Waals surface area contributed by atoms with Crippen LogP contribution in [0, 0.1) is 0 Å². The van der Waals surface area contributed by atoms with E-state index in [-0.39, 0.29) is 0 Å². The van der Waals surface area contributed by atoms with Crippen LogP contribution in [-0.2, 0) is 11.2 Å². The second-order valence-electron chi connectivity index (χ2n) is 3.81. The molecular weight excluding hydrogens is 198 g/mol. The van der Waals surface area contributed by atoms with E-state index in [1.165, 1.54) is 16.3 Å². The summed E-state index contributed by atoms with van der Waals surface area (Å²) in [6.07, 6.45) is 2.73. The fourth-order valence-corrected chi connectivity index (χ4v) is 1.95. The predicted molar refractivity (Wildman–Crippen MR) is 66.3 cm³/mol. The van der Waals surface area contributed by atoms with E-state index < -0.39 is 0 Å². The van der Waals surface area contributed by atoms with Gasteiger partial charge in [-0.05, 0) is 29.2 Å². The van der Waals surface area contributed by atoms with Crippen molar-refractivity contribution >= 4 is 17.2 Å². The Morgan fingerprint density at radius 3 is 2.75 bits per heavy atom. The molecule has 0 saturated heterocycles. The predicted octanol–water partition coefficient (Wildman–Crippen LogP) is 2.52. The van der Waals surface area contributed by atoms with Crippen molar-refractivity contribution in [2.24, 2.45) is 0 Å². The minimum Gasteiger partial charge on any atom is -0.359 e. The number of nitrogens with one attached hydrogen (secondary N) is 1. The average Bonchev–Trinajstić information content (AvgIpc) is 2.35. The molecule has 2 heteroatoms. The van der Waals surface area contributed by atoms with Crippen LogP contribution in [-0.4, -0.2) is 13.0 Å². The Kier molecular flexibility index (Phi) is 3.54. The molecule has 2 nitrogen and oxygen atoms in total. The minimum absolute atomic E-state index is 0.743. The Labute approximate surface area is 95.3 Å². The lowest BCUT2D eigenvalue weighted by Gasteiger charge is -2.05. The van der Waals surface area contributed by atoms with Crippen molar-refractivity contribution in [2.45, 2.75) is 12.8 Å². The fraction of sp³-hybridized carbons (Fsp3) is 0.214. The van der Waals surface area contributed by atoms with Gasteiger partial charge in [-0.1, -0.05) is 42.5 Å². The highest BCUT2D eigenvalue weighted by molar-refractivity contribution is 5.85. The summed E-state index contributed by atoms with van der Waals surface area (Å²) in [5.41, 5.74) is 1.35. The van der Waals surface area contributed by atoms with Crippen molar-refractivity contribution < 1.29 is 4.79 Å². The van der Waals surface area contributed by atoms with Crippen molar-refractivity contribution in [1.82, 2.24) is 5.32 Å². The Morgan fingerprint density at radius 1 is 1.06 bits per heavy atom. The molecule has 2 rings (SSSR count). The Morgan fingerprint density at radius 2 is 1.88 bits per heavy atom. The normalized spacial score (nSPS) is 10.2. The van der Waals surface area contributed by atoms with Gasteiger partial charge in [0.2, 0.25) is 6.41 Å². The molecule has 1 N–H and O–H groups in total. The molecule has 0 radical (unpaired) electrons. The number of fused-ring (bicyclic) bond motifs is 1. The second kappa shape index (κ2) is 5.31. The maximum absolute atomic E-state index is 10.1. The topological polar surface area (TPSA) is 29.1 Å². The van der Waals surface area contributed by atoms with E-state index >= 15 is 0 Å². The Bertz CT molecular complexity index is 474. The fourth-order valence-electron chi connectivity index (χ4n) is 1.95. The van der Waals surface area contributed by atoms with Crippen molar-refractivity contribution in [3.8, 4) is 0 Å². The first-order valence-corrected chi connectivity index (χ1v) is 5.55. The van der Waals surface area contributed by atoms with E-state index in [9.17, 15) is 4.79 Å². The van der Waals surface area contributed by atoms with Crippen LogP contribution in [0.3, 0.4) is 0 Å². The summed E-state index contributed by atoms with van der Waals surface area (Å²) in [6, 6.07) is 14.8. The van der Waals surface area contributed by atoms with Crippen LogP contribution in [0.5, 0.6) is 0 Å². The Balaban J connectivity index is 2.14. The summed E-state index contributed by atoms with van der Waals surface area (Å²) >= 11 is 0. The van der Waals surface area contributed by atoms with Gasteiger partial charge in [-0.15, -0.1) is 0 Å². The molecule has 0 aliphatic carbocycles. The zero-order chi connectivity index (χ0) is 11.2. The highest BCUT2D eigenvalue weighted by Crippen LogP contribution is 2.19. The standard InChI is InChI=1S/C14H15NO/c16-11-15-10-4-8-13-7-3-6-12-5-1-2-9-14(12)13/h1-3,5-7,9,11H,4,8,10H2,(H,15,16). The van der Waals surface area contributed by atoms with Crippen LogP contribution in [0.1, 0.15) is 12.0 Å². The van der Waals surface area contributed by atoms with Gasteiger partial charge in [0.25, 0.3) is 0 Å². The van der Waals surface area contributed by atoms with Crippen molar-refractivity contribution in [1.29, 1.82) is 0 Å². The zero-order valence-electron chi connectivity index (χ0n) is 9.15. The first kappa shape index (κ1) is 10.7. The SMILES string of the molecule is O=CNCCCc1cccc2ccccc12. The number of benzene rings is 2. The van der Waals surface area contributed by atoms with Gasteiger partial charge in [0.1, 0.15) is 0 Å². The van der Waals surface area contributed by atoms with Crippen LogP contribution in [0.2, 0.25) is 0 Å². The summed E-state index contributed by atoms with van der Waals surface area (Å²) in [6.45, 7) is 0.743. The molecule has 0 aliphatic rings. The number of carbonyl (C=O) groups excluding carboxylic acids is 1. The van der Waals surface area contributed by atoms with Gasteiger partial charge < -0.3 is 5.32 Å². The summed E-state index contributed by atoms with van der Waals surface area (Å²) in [5, 5.41) is 5.28. The Hall–Kier alpha value is -1.83. The molecule has 2 aromatic carbocycles. The molecule has 0 heterocycles. The molecule has 0 saturated carbocycles. The van der Waals surface area contributed by atoms with Crippen molar-refractivity contribution in [3.63, 3.8) is 0 Å². The maximum atomic E-state index is 10.1. The molecule has 2 aromatic rings. The summed E-state index contributed by atoms with van der Waals surface area (Å²) in [5.74, 6) is 0. The molecular formula is C14H15NO. The number of rotatable bonds is 5. The molecule has 0 bridgehead atoms. The monoisotopic (exact) mass is 213 g/mol. The molecule has 0 spiro atoms. The number of carbonyl (C=O) groups is 1. The summed E-state index contributed by atoms with van der Waals surface area (Å²) in [4.78, 5) is 10.1. The highest BCUT2D eigenvalue weighted by Gasteiger charge is 1.99. The molecule has 0 fully saturated rings. The van der Waals surface area contributed by atoms with Crippen molar-refractivity contribution in [2.75, 3.05) is 6.54 Å². The number of hydrogen-bond acceptors (Lipinski definition) is 1. The van der Waals surface area contributed by atoms with Gasteiger partial charge in [0.05, 0.1) is 0 Å². The maximum Gasteiger partial charge on any atom is 0.207 e. The molecule has 82 valence electrons. The van der Waals surface area contributed by atoms with Crippen LogP contribution in [0.15, 0.2) is 42.5 Å². The molecule has 0 atom stereocenters. The van der Waals surface area contributed by atoms with Crippen LogP contribution < -0.4 is 5.32 Å². The molecule has 16 heavy (non-hydrogen) atoms. The number of aryl methyl sites for hydroxylation is 1. The van der Waals surface area contributed by atoms with Gasteiger partial charge in [0.15, 0.2) is 0 Å². The van der Waals surface area contributed by atoms with E-state index in [4.69, 9.17) is 0 Å². The van der Waals surface area contributed by atoms with E-state index in [0.29, 0.717) is 0 Å².